The first-order chi connectivity index (χ1) is 12.5. The Morgan fingerprint density at radius 1 is 1.19 bits per heavy atom. The molecule has 1 aromatic carbocycles. The maximum atomic E-state index is 14.6. The topological polar surface area (TPSA) is 99.4 Å². The van der Waals surface area contributed by atoms with Crippen molar-refractivity contribution in [2.45, 2.75) is 13.1 Å². The number of nitro groups is 1. The molecule has 1 N–H and O–H groups in total. The quantitative estimate of drug-likeness (QED) is 0.646. The molecule has 8 nitrogen and oxygen atoms in total. The molecule has 0 spiro atoms. The van der Waals surface area contributed by atoms with Crippen molar-refractivity contribution in [3.8, 4) is 11.5 Å². The van der Waals surface area contributed by atoms with E-state index >= 15 is 0 Å². The summed E-state index contributed by atoms with van der Waals surface area (Å²) in [4.78, 5) is 18.7. The van der Waals surface area contributed by atoms with Crippen LogP contribution in [0.15, 0.2) is 42.0 Å². The van der Waals surface area contributed by atoms with Crippen LogP contribution >= 0.6 is 0 Å². The number of halogens is 1. The Kier molecular flexibility index (Phi) is 4.70. The van der Waals surface area contributed by atoms with E-state index in [9.17, 15) is 14.5 Å². The molecule has 3 rings (SSSR count). The van der Waals surface area contributed by atoms with Gasteiger partial charge in [0.25, 0.3) is 5.70 Å². The van der Waals surface area contributed by atoms with Crippen LogP contribution in [0, 0.1) is 16.0 Å². The molecule has 1 aliphatic carbocycles. The van der Waals surface area contributed by atoms with Crippen molar-refractivity contribution in [1.82, 2.24) is 9.97 Å². The third kappa shape index (κ3) is 3.03. The van der Waals surface area contributed by atoms with E-state index in [1.807, 2.05) is 0 Å². The minimum atomic E-state index is -1.55. The number of ether oxygens (including phenoxy) is 2. The molecule has 1 heterocycles. The summed E-state index contributed by atoms with van der Waals surface area (Å²) in [6.07, 6.45) is 2.45. The number of methoxy groups -OCH3 is 2. The number of nitrogens with zero attached hydrogens (tertiary/aromatic N) is 3. The lowest BCUT2D eigenvalue weighted by molar-refractivity contribution is -0.434. The number of hydrogen-bond acceptors (Lipinski definition) is 7. The number of alkyl halides is 1. The second kappa shape index (κ2) is 6.95. The number of fused-ring (bicyclic) bond motifs is 1. The average molecular weight is 360 g/mol. The lowest BCUT2D eigenvalue weighted by atomic mass is 9.94. The van der Waals surface area contributed by atoms with Crippen LogP contribution in [0.5, 0.6) is 11.5 Å². The lowest BCUT2D eigenvalue weighted by Gasteiger charge is -2.22. The summed E-state index contributed by atoms with van der Waals surface area (Å²) < 4.78 is 25.2. The van der Waals surface area contributed by atoms with E-state index < -0.39 is 17.0 Å². The Morgan fingerprint density at radius 3 is 2.54 bits per heavy atom. The Bertz CT molecular complexity index is 928. The molecule has 0 amide bonds. The highest BCUT2D eigenvalue weighted by Gasteiger charge is 2.34. The van der Waals surface area contributed by atoms with E-state index in [0.29, 0.717) is 28.2 Å². The van der Waals surface area contributed by atoms with Crippen LogP contribution in [0.1, 0.15) is 6.92 Å². The van der Waals surface area contributed by atoms with Gasteiger partial charge in [-0.3, -0.25) is 10.1 Å². The Hall–Kier alpha value is -3.23. The highest BCUT2D eigenvalue weighted by Crippen LogP contribution is 2.35. The number of rotatable bonds is 5. The fourth-order valence-corrected chi connectivity index (χ4v) is 2.80. The molecule has 0 saturated heterocycles. The third-order valence-corrected chi connectivity index (χ3v) is 4.25. The van der Waals surface area contributed by atoms with Crippen molar-refractivity contribution >= 4 is 16.7 Å². The van der Waals surface area contributed by atoms with Gasteiger partial charge in [-0.2, -0.15) is 0 Å². The second-order valence-electron chi connectivity index (χ2n) is 5.73. The van der Waals surface area contributed by atoms with Crippen LogP contribution in [0.2, 0.25) is 0 Å². The molecule has 136 valence electrons. The maximum absolute atomic E-state index is 14.6. The van der Waals surface area contributed by atoms with Crippen molar-refractivity contribution in [3.63, 3.8) is 0 Å². The number of aromatic nitrogens is 2. The fraction of sp³-hybridized carbons (Fsp3) is 0.294. The highest BCUT2D eigenvalue weighted by molar-refractivity contribution is 5.92. The van der Waals surface area contributed by atoms with E-state index in [1.54, 1.807) is 12.1 Å². The minimum absolute atomic E-state index is 0.165. The number of anilines is 1. The molecular formula is C17H17FN4O4. The maximum Gasteiger partial charge on any atom is 0.252 e. The zero-order chi connectivity index (χ0) is 18.8. The number of hydrogen-bond donors (Lipinski definition) is 1. The van der Waals surface area contributed by atoms with E-state index in [1.165, 1.54) is 39.6 Å². The van der Waals surface area contributed by atoms with Gasteiger partial charge in [0.2, 0.25) is 0 Å². The molecular weight excluding hydrogens is 343 g/mol. The number of nitrogens with one attached hydrogen (secondary N) is 1. The number of benzene rings is 1. The monoisotopic (exact) mass is 360 g/mol. The van der Waals surface area contributed by atoms with Crippen molar-refractivity contribution < 1.29 is 18.8 Å². The standard InChI is InChI=1S/C17H17FN4O4/c1-9-13(22(23)24)5-4-11(16(9)18)21-17-10-6-14(25-2)15(26-3)7-12(10)19-8-20-17/h4-9,16H,1-3H3,(H,19,20,21). The predicted molar refractivity (Wildman–Crippen MR) is 93.5 cm³/mol. The summed E-state index contributed by atoms with van der Waals surface area (Å²) in [5, 5.41) is 14.5. The molecule has 0 saturated carbocycles. The molecule has 0 radical (unpaired) electrons. The molecule has 2 aromatic rings. The second-order valence-corrected chi connectivity index (χ2v) is 5.73. The SMILES string of the molecule is COc1cc2ncnc(NC3=CC=C([N+](=O)[O-])C(C)C3F)c2cc1OC. The molecule has 1 aliphatic rings. The van der Waals surface area contributed by atoms with Gasteiger partial charge < -0.3 is 14.8 Å². The molecule has 2 unspecified atom stereocenters. The summed E-state index contributed by atoms with van der Waals surface area (Å²) in [7, 11) is 3.03. The van der Waals surface area contributed by atoms with Gasteiger partial charge in [0.15, 0.2) is 17.7 Å². The van der Waals surface area contributed by atoms with Crippen molar-refractivity contribution in [2.24, 2.45) is 5.92 Å². The molecule has 0 fully saturated rings. The molecule has 2 atom stereocenters. The Balaban J connectivity index is 2.03. The van der Waals surface area contributed by atoms with Crippen LogP contribution in [0.4, 0.5) is 10.2 Å². The summed E-state index contributed by atoms with van der Waals surface area (Å²) in [5.41, 5.74) is 0.612. The van der Waals surface area contributed by atoms with Crippen molar-refractivity contribution in [3.05, 3.63) is 52.1 Å². The molecule has 1 aromatic heterocycles. The predicted octanol–water partition coefficient (Wildman–Crippen LogP) is 3.09. The van der Waals surface area contributed by atoms with E-state index in [2.05, 4.69) is 15.3 Å². The number of allylic oxidation sites excluding steroid dienone is 4. The van der Waals surface area contributed by atoms with Crippen LogP contribution < -0.4 is 14.8 Å². The molecule has 0 aliphatic heterocycles. The highest BCUT2D eigenvalue weighted by atomic mass is 19.1. The van der Waals surface area contributed by atoms with Crippen LogP contribution in [-0.4, -0.2) is 35.3 Å². The fourth-order valence-electron chi connectivity index (χ4n) is 2.80. The average Bonchev–Trinajstić information content (AvgIpc) is 2.64. The summed E-state index contributed by atoms with van der Waals surface area (Å²) in [6, 6.07) is 3.38. The first-order valence-electron chi connectivity index (χ1n) is 7.80. The largest absolute Gasteiger partial charge is 0.493 e. The van der Waals surface area contributed by atoms with Crippen LogP contribution in [0.25, 0.3) is 10.9 Å². The van der Waals surface area contributed by atoms with Gasteiger partial charge in [0, 0.05) is 17.5 Å². The van der Waals surface area contributed by atoms with Gasteiger partial charge in [-0.05, 0) is 19.1 Å². The smallest absolute Gasteiger partial charge is 0.252 e. The summed E-state index contributed by atoms with van der Waals surface area (Å²) in [5.74, 6) is 0.489. The summed E-state index contributed by atoms with van der Waals surface area (Å²) in [6.45, 7) is 1.47. The molecule has 26 heavy (non-hydrogen) atoms. The van der Waals surface area contributed by atoms with Gasteiger partial charge in [-0.1, -0.05) is 0 Å². The van der Waals surface area contributed by atoms with Gasteiger partial charge in [-0.15, -0.1) is 0 Å². The molecule has 9 heteroatoms. The van der Waals surface area contributed by atoms with E-state index in [-0.39, 0.29) is 11.4 Å². The Morgan fingerprint density at radius 2 is 1.88 bits per heavy atom. The van der Waals surface area contributed by atoms with Crippen LogP contribution in [0.3, 0.4) is 0 Å². The first kappa shape index (κ1) is 17.6. The van der Waals surface area contributed by atoms with Gasteiger partial charge in [0.1, 0.15) is 12.1 Å². The van der Waals surface area contributed by atoms with Crippen molar-refractivity contribution in [1.29, 1.82) is 0 Å². The van der Waals surface area contributed by atoms with Gasteiger partial charge >= 0.3 is 0 Å². The third-order valence-electron chi connectivity index (χ3n) is 4.25. The lowest BCUT2D eigenvalue weighted by Crippen LogP contribution is -2.27. The zero-order valence-corrected chi connectivity index (χ0v) is 14.4. The zero-order valence-electron chi connectivity index (χ0n) is 14.4. The van der Waals surface area contributed by atoms with E-state index in [4.69, 9.17) is 9.47 Å². The van der Waals surface area contributed by atoms with Gasteiger partial charge in [-0.25, -0.2) is 14.4 Å². The minimum Gasteiger partial charge on any atom is -0.493 e. The molecule has 0 bridgehead atoms. The van der Waals surface area contributed by atoms with Crippen LogP contribution in [-0.2, 0) is 0 Å². The van der Waals surface area contributed by atoms with Gasteiger partial charge in [0.05, 0.1) is 36.3 Å². The van der Waals surface area contributed by atoms with E-state index in [0.717, 1.165) is 0 Å². The normalized spacial score (nSPS) is 19.5. The van der Waals surface area contributed by atoms with Crippen molar-refractivity contribution in [2.75, 3.05) is 19.5 Å². The Labute approximate surface area is 148 Å². The first-order valence-corrected chi connectivity index (χ1v) is 7.80. The summed E-state index contributed by atoms with van der Waals surface area (Å²) >= 11 is 0.